The Bertz CT molecular complexity index is 377. The lowest BCUT2D eigenvalue weighted by Gasteiger charge is -2.36. The summed E-state index contributed by atoms with van der Waals surface area (Å²) in [5.41, 5.74) is 0. The van der Waals surface area contributed by atoms with Gasteiger partial charge in [0.25, 0.3) is 11.7 Å². The maximum atomic E-state index is 12.1. The molecule has 7 nitrogen and oxygen atoms in total. The summed E-state index contributed by atoms with van der Waals surface area (Å²) in [5, 5.41) is 16.6. The van der Waals surface area contributed by atoms with E-state index in [1.165, 1.54) is 6.42 Å². The first-order valence-corrected chi connectivity index (χ1v) is 5.61. The number of fused-ring (bicyclic) bond motifs is 1. The summed E-state index contributed by atoms with van der Waals surface area (Å²) in [6.07, 6.45) is 2.26. The molecule has 2 atom stereocenters. The van der Waals surface area contributed by atoms with Crippen molar-refractivity contribution in [1.82, 2.24) is 30.8 Å². The summed E-state index contributed by atoms with van der Waals surface area (Å²) in [6.45, 7) is 2.70. The van der Waals surface area contributed by atoms with Crippen LogP contribution in [0, 0.1) is 5.92 Å². The summed E-state index contributed by atoms with van der Waals surface area (Å²) in [4.78, 5) is 14.0. The normalized spacial score (nSPS) is 29.1. The van der Waals surface area contributed by atoms with Crippen LogP contribution >= 0.6 is 0 Å². The van der Waals surface area contributed by atoms with Gasteiger partial charge in [0.15, 0.2) is 0 Å². The quantitative estimate of drug-likeness (QED) is 0.638. The van der Waals surface area contributed by atoms with Gasteiger partial charge in [-0.2, -0.15) is 5.21 Å². The van der Waals surface area contributed by atoms with Crippen LogP contribution < -0.4 is 5.32 Å². The minimum atomic E-state index is -0.104. The third-order valence-electron chi connectivity index (χ3n) is 3.48. The molecule has 2 N–H and O–H groups in total. The second-order valence-electron chi connectivity index (χ2n) is 4.36. The average Bonchev–Trinajstić information content (AvgIpc) is 2.98. The monoisotopic (exact) mass is 222 g/mol. The van der Waals surface area contributed by atoms with Gasteiger partial charge in [0.2, 0.25) is 0 Å². The van der Waals surface area contributed by atoms with Crippen LogP contribution in [-0.4, -0.2) is 57.1 Å². The lowest BCUT2D eigenvalue weighted by molar-refractivity contribution is 0.0562. The van der Waals surface area contributed by atoms with Crippen molar-refractivity contribution in [2.24, 2.45) is 5.92 Å². The Kier molecular flexibility index (Phi) is 2.32. The van der Waals surface area contributed by atoms with E-state index in [9.17, 15) is 4.79 Å². The number of nitrogens with zero attached hydrogens (tertiary/aromatic N) is 4. The fourth-order valence-corrected chi connectivity index (χ4v) is 2.70. The number of tetrazole rings is 1. The Labute approximate surface area is 92.6 Å². The van der Waals surface area contributed by atoms with Crippen LogP contribution in [0.25, 0.3) is 0 Å². The van der Waals surface area contributed by atoms with Gasteiger partial charge in [0.1, 0.15) is 0 Å². The fourth-order valence-electron chi connectivity index (χ4n) is 2.70. The Hall–Kier alpha value is -1.50. The molecule has 1 amide bonds. The number of nitrogens with one attached hydrogen (secondary N) is 2. The average molecular weight is 222 g/mol. The van der Waals surface area contributed by atoms with Crippen molar-refractivity contribution < 1.29 is 4.79 Å². The molecule has 0 aromatic carbocycles. The molecule has 0 radical (unpaired) electrons. The number of piperidine rings is 1. The summed E-state index contributed by atoms with van der Waals surface area (Å²) < 4.78 is 0. The molecule has 2 saturated heterocycles. The van der Waals surface area contributed by atoms with Crippen LogP contribution in [0.3, 0.4) is 0 Å². The number of aromatic amines is 1. The van der Waals surface area contributed by atoms with E-state index in [4.69, 9.17) is 0 Å². The van der Waals surface area contributed by atoms with Crippen molar-refractivity contribution >= 4 is 5.91 Å². The number of rotatable bonds is 1. The molecule has 2 unspecified atom stereocenters. The van der Waals surface area contributed by atoms with Crippen LogP contribution in [0.5, 0.6) is 0 Å². The van der Waals surface area contributed by atoms with E-state index in [2.05, 4.69) is 25.9 Å². The van der Waals surface area contributed by atoms with Crippen molar-refractivity contribution in [3.05, 3.63) is 5.82 Å². The summed E-state index contributed by atoms with van der Waals surface area (Å²) >= 11 is 0. The maximum absolute atomic E-state index is 12.1. The van der Waals surface area contributed by atoms with Crippen molar-refractivity contribution in [3.63, 3.8) is 0 Å². The minimum Gasteiger partial charge on any atom is -0.331 e. The molecule has 1 aromatic heterocycles. The molecule has 0 aliphatic carbocycles. The molecule has 0 bridgehead atoms. The number of amides is 1. The largest absolute Gasteiger partial charge is 0.331 e. The molecule has 0 saturated carbocycles. The molecular formula is C9H14N6O. The Morgan fingerprint density at radius 3 is 3.19 bits per heavy atom. The highest BCUT2D eigenvalue weighted by Gasteiger charge is 2.38. The molecule has 2 aliphatic heterocycles. The van der Waals surface area contributed by atoms with Crippen LogP contribution in [0.2, 0.25) is 0 Å². The van der Waals surface area contributed by atoms with E-state index >= 15 is 0 Å². The SMILES string of the molecule is O=C(c1nn[nH]n1)N1CCCC2CNCC21. The van der Waals surface area contributed by atoms with Gasteiger partial charge in [-0.25, -0.2) is 0 Å². The second kappa shape index (κ2) is 3.82. The Morgan fingerprint density at radius 1 is 1.44 bits per heavy atom. The Morgan fingerprint density at radius 2 is 2.38 bits per heavy atom. The third kappa shape index (κ3) is 1.47. The smallest absolute Gasteiger partial charge is 0.295 e. The van der Waals surface area contributed by atoms with Crippen molar-refractivity contribution in [2.75, 3.05) is 19.6 Å². The number of carbonyl (C=O) groups excluding carboxylic acids is 1. The molecule has 1 aromatic rings. The van der Waals surface area contributed by atoms with Gasteiger partial charge in [-0.05, 0) is 24.0 Å². The van der Waals surface area contributed by atoms with E-state index in [1.807, 2.05) is 4.90 Å². The first kappa shape index (κ1) is 9.71. The molecule has 3 rings (SSSR count). The fraction of sp³-hybridized carbons (Fsp3) is 0.778. The van der Waals surface area contributed by atoms with Crippen molar-refractivity contribution in [1.29, 1.82) is 0 Å². The molecule has 3 heterocycles. The molecule has 16 heavy (non-hydrogen) atoms. The Balaban J connectivity index is 1.80. The van der Waals surface area contributed by atoms with Gasteiger partial charge in [0, 0.05) is 25.7 Å². The standard InChI is InChI=1S/C9H14N6O/c16-9(8-11-13-14-12-8)15-3-1-2-6-4-10-5-7(6)15/h6-7,10H,1-5H2,(H,11,12,13,14). The minimum absolute atomic E-state index is 0.104. The predicted molar refractivity (Wildman–Crippen MR) is 54.6 cm³/mol. The summed E-state index contributed by atoms with van der Waals surface area (Å²) in [6, 6.07) is 0.305. The van der Waals surface area contributed by atoms with Gasteiger partial charge < -0.3 is 10.2 Å². The number of hydrogen-bond acceptors (Lipinski definition) is 5. The molecule has 86 valence electrons. The highest BCUT2D eigenvalue weighted by molar-refractivity contribution is 5.90. The predicted octanol–water partition coefficient (Wildman–Crippen LogP) is -0.976. The number of aromatic nitrogens is 4. The van der Waals surface area contributed by atoms with Crippen molar-refractivity contribution in [3.8, 4) is 0 Å². The zero-order valence-electron chi connectivity index (χ0n) is 8.89. The zero-order chi connectivity index (χ0) is 11.0. The number of hydrogen-bond donors (Lipinski definition) is 2. The van der Waals surface area contributed by atoms with Crippen LogP contribution in [0.1, 0.15) is 23.5 Å². The highest BCUT2D eigenvalue weighted by atomic mass is 16.2. The van der Waals surface area contributed by atoms with Crippen LogP contribution in [-0.2, 0) is 0 Å². The van der Waals surface area contributed by atoms with Crippen molar-refractivity contribution in [2.45, 2.75) is 18.9 Å². The lowest BCUT2D eigenvalue weighted by atomic mass is 9.92. The third-order valence-corrected chi connectivity index (χ3v) is 3.48. The van der Waals surface area contributed by atoms with Gasteiger partial charge in [0.05, 0.1) is 0 Å². The molecular weight excluding hydrogens is 208 g/mol. The van der Waals surface area contributed by atoms with Crippen LogP contribution in [0.4, 0.5) is 0 Å². The molecule has 2 aliphatic rings. The number of H-pyrrole nitrogens is 1. The van der Waals surface area contributed by atoms with Gasteiger partial charge >= 0.3 is 0 Å². The maximum Gasteiger partial charge on any atom is 0.295 e. The molecule has 0 spiro atoms. The van der Waals surface area contributed by atoms with Gasteiger partial charge in [-0.1, -0.05) is 0 Å². The van der Waals surface area contributed by atoms with E-state index in [0.717, 1.165) is 26.1 Å². The first-order chi connectivity index (χ1) is 7.86. The summed E-state index contributed by atoms with van der Waals surface area (Å²) in [7, 11) is 0. The van der Waals surface area contributed by atoms with E-state index < -0.39 is 0 Å². The highest BCUT2D eigenvalue weighted by Crippen LogP contribution is 2.26. The first-order valence-electron chi connectivity index (χ1n) is 5.61. The van der Waals surface area contributed by atoms with Gasteiger partial charge in [-0.15, -0.1) is 10.2 Å². The zero-order valence-corrected chi connectivity index (χ0v) is 8.89. The second-order valence-corrected chi connectivity index (χ2v) is 4.36. The van der Waals surface area contributed by atoms with Gasteiger partial charge in [-0.3, -0.25) is 4.79 Å². The van der Waals surface area contributed by atoms with E-state index in [0.29, 0.717) is 12.0 Å². The number of likely N-dealkylation sites (tertiary alicyclic amines) is 1. The topological polar surface area (TPSA) is 86.8 Å². The van der Waals surface area contributed by atoms with E-state index in [-0.39, 0.29) is 11.7 Å². The number of carbonyl (C=O) groups is 1. The summed E-state index contributed by atoms with van der Waals surface area (Å²) in [5.74, 6) is 0.657. The van der Waals surface area contributed by atoms with E-state index in [1.54, 1.807) is 0 Å². The van der Waals surface area contributed by atoms with Crippen LogP contribution in [0.15, 0.2) is 0 Å². The molecule has 7 heteroatoms. The molecule has 2 fully saturated rings. The lowest BCUT2D eigenvalue weighted by Crippen LogP contribution is -2.48.